The molecule has 1 aliphatic carbocycles. The van der Waals surface area contributed by atoms with Crippen molar-refractivity contribution in [3.05, 3.63) is 0 Å². The average Bonchev–Trinajstić information content (AvgIpc) is 3.10. The highest BCUT2D eigenvalue weighted by Crippen LogP contribution is 2.31. The van der Waals surface area contributed by atoms with Crippen molar-refractivity contribution in [2.45, 2.75) is 31.7 Å². The summed E-state index contributed by atoms with van der Waals surface area (Å²) in [5.74, 6) is 0.559. The van der Waals surface area contributed by atoms with E-state index in [1.165, 1.54) is 20.0 Å². The molecule has 0 aromatic heterocycles. The second-order valence-corrected chi connectivity index (χ2v) is 6.62. The Kier molecular flexibility index (Phi) is 7.94. The largest absolute Gasteiger partial charge is 0.383 e. The summed E-state index contributed by atoms with van der Waals surface area (Å²) in [6.07, 6.45) is 4.65. The quantitative estimate of drug-likeness (QED) is 0.634. The lowest BCUT2D eigenvalue weighted by Gasteiger charge is -2.40. The smallest absolute Gasteiger partial charge is 0.248 e. The van der Waals surface area contributed by atoms with Gasteiger partial charge in [-0.05, 0) is 18.8 Å². The van der Waals surface area contributed by atoms with Crippen LogP contribution in [0.15, 0.2) is 0 Å². The molecule has 7 heteroatoms. The predicted molar refractivity (Wildman–Crippen MR) is 90.7 cm³/mol. The van der Waals surface area contributed by atoms with Gasteiger partial charge in [0.25, 0.3) is 0 Å². The highest BCUT2D eigenvalue weighted by Gasteiger charge is 2.37. The fraction of sp³-hybridized carbons (Fsp3) is 0.882. The minimum atomic E-state index is -0.0796. The maximum Gasteiger partial charge on any atom is 0.248 e. The molecule has 1 atom stereocenters. The Hall–Kier alpha value is -1.18. The SMILES string of the molecule is COCCNC(=O)C(C1CCCC1)N1CCN(C(=O)COC)CC1. The van der Waals surface area contributed by atoms with E-state index in [-0.39, 0.29) is 24.5 Å². The number of carbonyl (C=O) groups is 2. The second-order valence-electron chi connectivity index (χ2n) is 6.62. The lowest BCUT2D eigenvalue weighted by atomic mass is 9.95. The molecular weight excluding hydrogens is 310 g/mol. The topological polar surface area (TPSA) is 71.1 Å². The van der Waals surface area contributed by atoms with E-state index in [0.717, 1.165) is 25.9 Å². The number of nitrogens with zero attached hydrogens (tertiary/aromatic N) is 2. The first-order chi connectivity index (χ1) is 11.7. The van der Waals surface area contributed by atoms with Gasteiger partial charge >= 0.3 is 0 Å². The van der Waals surface area contributed by atoms with Crippen LogP contribution in [-0.2, 0) is 19.1 Å². The zero-order valence-electron chi connectivity index (χ0n) is 15.0. The van der Waals surface area contributed by atoms with Crippen LogP contribution in [0.3, 0.4) is 0 Å². The van der Waals surface area contributed by atoms with Crippen LogP contribution in [0.1, 0.15) is 25.7 Å². The van der Waals surface area contributed by atoms with Gasteiger partial charge in [0.05, 0.1) is 12.6 Å². The Morgan fingerprint density at radius 2 is 1.75 bits per heavy atom. The molecule has 1 aliphatic heterocycles. The molecule has 1 N–H and O–H groups in total. The molecule has 0 radical (unpaired) electrons. The van der Waals surface area contributed by atoms with E-state index < -0.39 is 0 Å². The van der Waals surface area contributed by atoms with Crippen molar-refractivity contribution in [1.82, 2.24) is 15.1 Å². The van der Waals surface area contributed by atoms with Crippen LogP contribution in [0.4, 0.5) is 0 Å². The molecule has 2 amide bonds. The molecule has 7 nitrogen and oxygen atoms in total. The Morgan fingerprint density at radius 1 is 1.08 bits per heavy atom. The fourth-order valence-corrected chi connectivity index (χ4v) is 3.80. The number of ether oxygens (including phenoxy) is 2. The molecule has 2 rings (SSSR count). The zero-order valence-corrected chi connectivity index (χ0v) is 15.0. The van der Waals surface area contributed by atoms with E-state index in [2.05, 4.69) is 10.2 Å². The Morgan fingerprint density at radius 3 is 2.33 bits per heavy atom. The number of piperazine rings is 1. The van der Waals surface area contributed by atoms with Crippen molar-refractivity contribution >= 4 is 11.8 Å². The Bertz CT molecular complexity index is 405. The van der Waals surface area contributed by atoms with E-state index >= 15 is 0 Å². The molecule has 1 saturated heterocycles. The lowest BCUT2D eigenvalue weighted by molar-refractivity contribution is -0.138. The van der Waals surface area contributed by atoms with E-state index in [4.69, 9.17) is 9.47 Å². The number of amides is 2. The molecule has 1 saturated carbocycles. The van der Waals surface area contributed by atoms with Crippen molar-refractivity contribution in [2.24, 2.45) is 5.92 Å². The van der Waals surface area contributed by atoms with Crippen LogP contribution in [0.2, 0.25) is 0 Å². The number of methoxy groups -OCH3 is 2. The van der Waals surface area contributed by atoms with E-state index in [0.29, 0.717) is 32.2 Å². The molecule has 1 unspecified atom stereocenters. The molecule has 0 aromatic rings. The van der Waals surface area contributed by atoms with E-state index in [1.54, 1.807) is 7.11 Å². The van der Waals surface area contributed by atoms with Crippen LogP contribution in [-0.4, -0.2) is 87.8 Å². The lowest BCUT2D eigenvalue weighted by Crippen LogP contribution is -2.58. The standard InChI is InChI=1S/C17H31N3O4/c1-23-12-7-18-17(22)16(14-5-3-4-6-14)20-10-8-19(9-11-20)15(21)13-24-2/h14,16H,3-13H2,1-2H3,(H,18,22). The minimum Gasteiger partial charge on any atom is -0.383 e. The highest BCUT2D eigenvalue weighted by molar-refractivity contribution is 5.82. The molecule has 138 valence electrons. The summed E-state index contributed by atoms with van der Waals surface area (Å²) in [6.45, 7) is 4.02. The number of hydrogen-bond donors (Lipinski definition) is 1. The third kappa shape index (κ3) is 5.16. The first kappa shape index (κ1) is 19.1. The van der Waals surface area contributed by atoms with Gasteiger partial charge in [0, 0.05) is 46.9 Å². The first-order valence-electron chi connectivity index (χ1n) is 8.94. The van der Waals surface area contributed by atoms with E-state index in [1.807, 2.05) is 4.90 Å². The molecular formula is C17H31N3O4. The first-order valence-corrected chi connectivity index (χ1v) is 8.94. The van der Waals surface area contributed by atoms with Gasteiger partial charge in [-0.15, -0.1) is 0 Å². The molecule has 0 bridgehead atoms. The average molecular weight is 341 g/mol. The molecule has 2 aliphatic rings. The molecule has 0 aromatic carbocycles. The maximum absolute atomic E-state index is 12.7. The van der Waals surface area contributed by atoms with Crippen molar-refractivity contribution in [3.63, 3.8) is 0 Å². The van der Waals surface area contributed by atoms with Crippen molar-refractivity contribution in [2.75, 3.05) is 60.2 Å². The second kappa shape index (κ2) is 9.96. The van der Waals surface area contributed by atoms with Crippen molar-refractivity contribution in [1.29, 1.82) is 0 Å². The third-order valence-electron chi connectivity index (χ3n) is 5.05. The van der Waals surface area contributed by atoms with Crippen LogP contribution in [0, 0.1) is 5.92 Å². The number of hydrogen-bond acceptors (Lipinski definition) is 5. The van der Waals surface area contributed by atoms with Crippen LogP contribution >= 0.6 is 0 Å². The van der Waals surface area contributed by atoms with Crippen LogP contribution in [0.25, 0.3) is 0 Å². The summed E-state index contributed by atoms with van der Waals surface area (Å²) >= 11 is 0. The van der Waals surface area contributed by atoms with Gasteiger partial charge in [-0.3, -0.25) is 14.5 Å². The normalized spacial score (nSPS) is 21.0. The van der Waals surface area contributed by atoms with Crippen molar-refractivity contribution in [3.8, 4) is 0 Å². The zero-order chi connectivity index (χ0) is 17.4. The van der Waals surface area contributed by atoms with Gasteiger partial charge in [-0.2, -0.15) is 0 Å². The summed E-state index contributed by atoms with van der Waals surface area (Å²) in [6, 6.07) is -0.0796. The molecule has 2 fully saturated rings. The number of carbonyl (C=O) groups excluding carboxylic acids is 2. The van der Waals surface area contributed by atoms with Gasteiger partial charge < -0.3 is 19.7 Å². The van der Waals surface area contributed by atoms with Crippen molar-refractivity contribution < 1.29 is 19.1 Å². The maximum atomic E-state index is 12.7. The molecule has 24 heavy (non-hydrogen) atoms. The Balaban J connectivity index is 1.92. The van der Waals surface area contributed by atoms with Gasteiger partial charge in [0.2, 0.25) is 11.8 Å². The summed E-state index contributed by atoms with van der Waals surface area (Å²) in [7, 11) is 3.17. The van der Waals surface area contributed by atoms with Crippen LogP contribution in [0.5, 0.6) is 0 Å². The molecule has 0 spiro atoms. The molecule has 1 heterocycles. The highest BCUT2D eigenvalue weighted by atomic mass is 16.5. The third-order valence-corrected chi connectivity index (χ3v) is 5.05. The Labute approximate surface area is 144 Å². The summed E-state index contributed by atoms with van der Waals surface area (Å²) in [5, 5.41) is 3.01. The van der Waals surface area contributed by atoms with E-state index in [9.17, 15) is 9.59 Å². The fourth-order valence-electron chi connectivity index (χ4n) is 3.80. The summed E-state index contributed by atoms with van der Waals surface area (Å²) in [4.78, 5) is 28.7. The summed E-state index contributed by atoms with van der Waals surface area (Å²) in [5.41, 5.74) is 0. The number of rotatable bonds is 8. The van der Waals surface area contributed by atoms with Gasteiger partial charge in [0.1, 0.15) is 6.61 Å². The van der Waals surface area contributed by atoms with Gasteiger partial charge in [-0.25, -0.2) is 0 Å². The summed E-state index contributed by atoms with van der Waals surface area (Å²) < 4.78 is 9.95. The van der Waals surface area contributed by atoms with Crippen LogP contribution < -0.4 is 5.32 Å². The number of nitrogens with one attached hydrogen (secondary N) is 1. The monoisotopic (exact) mass is 341 g/mol. The minimum absolute atomic E-state index is 0.0270. The van der Waals surface area contributed by atoms with Gasteiger partial charge in [0.15, 0.2) is 0 Å². The van der Waals surface area contributed by atoms with Gasteiger partial charge in [-0.1, -0.05) is 12.8 Å². The predicted octanol–water partition coefficient (Wildman–Crippen LogP) is 0.0984.